The van der Waals surface area contributed by atoms with Gasteiger partial charge in [-0.25, -0.2) is 29.1 Å². The zero-order chi connectivity index (χ0) is 59.1. The van der Waals surface area contributed by atoms with Crippen LogP contribution in [0, 0.1) is 23.7 Å². The van der Waals surface area contributed by atoms with Crippen molar-refractivity contribution in [3.8, 4) is 0 Å². The molecule has 0 saturated carbocycles. The van der Waals surface area contributed by atoms with Gasteiger partial charge in [-0.15, -0.1) is 22.7 Å². The summed E-state index contributed by atoms with van der Waals surface area (Å²) in [6.07, 6.45) is -1.23. The van der Waals surface area contributed by atoms with Gasteiger partial charge in [0.15, 0.2) is 24.4 Å². The minimum atomic E-state index is -1.52. The number of hydrogen-bond acceptors (Lipinski definition) is 16. The molecule has 20 heteroatoms. The lowest BCUT2D eigenvalue weighted by Gasteiger charge is -2.35. The van der Waals surface area contributed by atoms with E-state index in [9.17, 15) is 38.4 Å². The number of hydrogen-bond donors (Lipinski definition) is 0. The molecule has 4 aromatic rings. The molecule has 1 aliphatic heterocycles. The van der Waals surface area contributed by atoms with Crippen LogP contribution in [0.2, 0.25) is 0 Å². The van der Waals surface area contributed by atoms with E-state index >= 15 is 0 Å². The Morgan fingerprint density at radius 3 is 0.938 bits per heavy atom. The van der Waals surface area contributed by atoms with Crippen LogP contribution in [-0.2, 0) is 83.0 Å². The van der Waals surface area contributed by atoms with Crippen LogP contribution >= 0.6 is 22.7 Å². The number of carbonyl (C=O) groups excluding carboxylic acids is 8. The monoisotopic (exact) mass is 1140 g/mol. The van der Waals surface area contributed by atoms with Crippen molar-refractivity contribution in [1.29, 1.82) is 0 Å². The average Bonchev–Trinajstić information content (AvgIpc) is 4.14. The van der Waals surface area contributed by atoms with E-state index in [2.05, 4.69) is 9.97 Å². The second-order valence-electron chi connectivity index (χ2n) is 22.6. The molecule has 0 bridgehead atoms. The topological polar surface area (TPSA) is 212 Å². The summed E-state index contributed by atoms with van der Waals surface area (Å²) in [7, 11) is 5.59. The molecule has 2 aromatic carbocycles. The van der Waals surface area contributed by atoms with Crippen molar-refractivity contribution in [3.63, 3.8) is 0 Å². The van der Waals surface area contributed by atoms with Gasteiger partial charge in [-0.1, -0.05) is 104 Å². The van der Waals surface area contributed by atoms with Crippen molar-refractivity contribution in [2.75, 3.05) is 28.2 Å². The normalized spacial score (nSPS) is 23.2. The third-order valence-electron chi connectivity index (χ3n) is 14.0. The maximum Gasteiger partial charge on any atom is 0.329 e. The molecule has 4 amide bonds. The zero-order valence-corrected chi connectivity index (χ0v) is 50.5. The number of amides is 4. The summed E-state index contributed by atoms with van der Waals surface area (Å²) in [5.41, 5.74) is 3.19. The Kier molecular flexibility index (Phi) is 23.9. The maximum absolute atomic E-state index is 15.0. The molecule has 1 aliphatic rings. The van der Waals surface area contributed by atoms with Crippen LogP contribution in [0.3, 0.4) is 0 Å². The summed E-state index contributed by atoms with van der Waals surface area (Å²) >= 11 is 3.05. The number of rotatable bonds is 16. The van der Waals surface area contributed by atoms with E-state index in [0.717, 1.165) is 30.9 Å². The molecule has 0 aliphatic carbocycles. The smallest absolute Gasteiger partial charge is 0.329 e. The van der Waals surface area contributed by atoms with Gasteiger partial charge in [0.05, 0.1) is 10.0 Å². The molecule has 80 heavy (non-hydrogen) atoms. The first-order chi connectivity index (χ1) is 37.7. The van der Waals surface area contributed by atoms with Crippen LogP contribution < -0.4 is 0 Å². The summed E-state index contributed by atoms with van der Waals surface area (Å²) in [6.45, 7) is 17.6. The molecule has 0 N–H and O–H groups in total. The number of thiazole rings is 2. The highest BCUT2D eigenvalue weighted by molar-refractivity contribution is 7.09. The third-order valence-corrected chi connectivity index (χ3v) is 15.6. The van der Waals surface area contributed by atoms with Crippen LogP contribution in [0.1, 0.15) is 127 Å². The van der Waals surface area contributed by atoms with Gasteiger partial charge in [0.2, 0.25) is 0 Å². The van der Waals surface area contributed by atoms with Gasteiger partial charge in [-0.05, 0) is 85.5 Å². The second-order valence-corrected chi connectivity index (χ2v) is 24.6. The number of cyclic esters (lactones) is 4. The van der Waals surface area contributed by atoms with E-state index in [-0.39, 0.29) is 62.2 Å². The summed E-state index contributed by atoms with van der Waals surface area (Å²) in [5, 5.41) is 5.62. The summed E-state index contributed by atoms with van der Waals surface area (Å²) in [6, 6.07) is 9.76. The van der Waals surface area contributed by atoms with Crippen LogP contribution in [0.25, 0.3) is 0 Å². The molecule has 3 heterocycles. The lowest BCUT2D eigenvalue weighted by atomic mass is 9.99. The second kappa shape index (κ2) is 29.8. The van der Waals surface area contributed by atoms with Crippen LogP contribution in [0.15, 0.2) is 71.7 Å². The Labute approximate surface area is 479 Å². The number of ether oxygens (including phenoxy) is 4. The number of carbonyl (C=O) groups is 8. The Hall–Kier alpha value is -6.54. The number of aromatic nitrogens is 2. The summed E-state index contributed by atoms with van der Waals surface area (Å²) in [5.74, 6) is -7.34. The fraction of sp³-hybridized carbons (Fsp3) is 0.567. The quantitative estimate of drug-likeness (QED) is 0.0775. The van der Waals surface area contributed by atoms with Gasteiger partial charge in [0.1, 0.15) is 24.2 Å². The van der Waals surface area contributed by atoms with E-state index < -0.39 is 96.1 Å². The lowest BCUT2D eigenvalue weighted by molar-refractivity contribution is -0.176. The number of nitrogens with zero attached hydrogens (tertiary/aromatic N) is 6. The Bertz CT molecular complexity index is 2500. The van der Waals surface area contributed by atoms with Crippen LogP contribution in [-0.4, -0.2) is 154 Å². The van der Waals surface area contributed by atoms with Crippen molar-refractivity contribution in [2.24, 2.45) is 23.7 Å². The highest BCUT2D eigenvalue weighted by Gasteiger charge is 2.43. The Morgan fingerprint density at radius 2 is 0.675 bits per heavy atom. The first-order valence-corrected chi connectivity index (χ1v) is 29.3. The fourth-order valence-electron chi connectivity index (χ4n) is 9.53. The van der Waals surface area contributed by atoms with E-state index in [1.165, 1.54) is 74.5 Å². The van der Waals surface area contributed by atoms with Gasteiger partial charge in [-0.3, -0.25) is 19.2 Å². The first-order valence-electron chi connectivity index (χ1n) is 27.5. The van der Waals surface area contributed by atoms with Gasteiger partial charge < -0.3 is 38.5 Å². The van der Waals surface area contributed by atoms with Crippen LogP contribution in [0.4, 0.5) is 0 Å². The fourth-order valence-corrected chi connectivity index (χ4v) is 10.8. The summed E-state index contributed by atoms with van der Waals surface area (Å²) < 4.78 is 24.2. The van der Waals surface area contributed by atoms with Crippen molar-refractivity contribution in [3.05, 3.63) is 104 Å². The maximum atomic E-state index is 15.0. The molecule has 0 unspecified atom stereocenters. The SMILES string of the molecule is CC(C)C[C@H]1C(=O)O[C@H](Cc2ccc(Cc3nccs3)cc2)C(=O)N(C)[C@@H](CC(C)C)C(=O)O[C@H](C)C(=O)N(C)[C@@H](CC(C)C)C(=O)O[C@H](Cc2ccc(Cc3nccs3)cc2)C(=O)N(C)[C@@H](CC(C)C)C(=O)O[C@H](C)C(=O)N1C. The zero-order valence-electron chi connectivity index (χ0n) is 48.9. The summed E-state index contributed by atoms with van der Waals surface area (Å²) in [4.78, 5) is 131. The third kappa shape index (κ3) is 18.2. The van der Waals surface area contributed by atoms with E-state index in [1.807, 2.05) is 115 Å². The Morgan fingerprint density at radius 1 is 0.412 bits per heavy atom. The largest absolute Gasteiger partial charge is 0.451 e. The van der Waals surface area contributed by atoms with Crippen molar-refractivity contribution in [1.82, 2.24) is 29.6 Å². The van der Waals surface area contributed by atoms with Crippen molar-refractivity contribution >= 4 is 70.2 Å². The number of esters is 4. The first kappa shape index (κ1) is 64.3. The minimum absolute atomic E-state index is 0.0898. The highest BCUT2D eigenvalue weighted by Crippen LogP contribution is 2.25. The van der Waals surface area contributed by atoms with Gasteiger partial charge in [0.25, 0.3) is 23.6 Å². The molecule has 18 nitrogen and oxygen atoms in total. The molecule has 5 rings (SSSR count). The van der Waals surface area contributed by atoms with E-state index in [1.54, 1.807) is 12.4 Å². The van der Waals surface area contributed by atoms with Crippen molar-refractivity contribution in [2.45, 2.75) is 169 Å². The van der Waals surface area contributed by atoms with Crippen molar-refractivity contribution < 1.29 is 57.3 Å². The number of benzene rings is 2. The molecule has 0 radical (unpaired) electrons. The predicted octanol–water partition coefficient (Wildman–Crippen LogP) is 7.76. The molecule has 436 valence electrons. The predicted molar refractivity (Wildman–Crippen MR) is 305 cm³/mol. The Balaban J connectivity index is 1.59. The molecular formula is C60H82N6O12S2. The molecular weight excluding hydrogens is 1060 g/mol. The number of likely N-dealkylation sites (N-methyl/N-ethyl adjacent to an activating group) is 4. The molecule has 0 spiro atoms. The molecule has 1 saturated heterocycles. The molecule has 1 fully saturated rings. The lowest BCUT2D eigenvalue weighted by Crippen LogP contribution is -2.55. The van der Waals surface area contributed by atoms with Gasteiger partial charge in [-0.2, -0.15) is 0 Å². The minimum Gasteiger partial charge on any atom is -0.451 e. The highest BCUT2D eigenvalue weighted by atomic mass is 32.1. The van der Waals surface area contributed by atoms with Gasteiger partial charge >= 0.3 is 23.9 Å². The standard InChI is InChI=1S/C60H82N6O12S2/c1-35(2)27-45-57(71)75-39(9)53(67)63(11)48(30-38(7)8)60(74)78-50(32-42-17-21-44(22-18-42)34-52-62-24-26-80-52)56(70)66(14)46(28-36(3)4)58(72)76-40(10)54(68)64(12)47(29-37(5)6)59(73)77-49(55(69)65(45)13)31-41-15-19-43(20-16-41)33-51-61-23-25-79-51/h15-26,35-40,45-50H,27-34H2,1-14H3/t39-,40-,45+,46+,47+,48+,49-,50-/m1/s1. The van der Waals surface area contributed by atoms with Gasteiger partial charge in [0, 0.05) is 77.0 Å². The van der Waals surface area contributed by atoms with Crippen LogP contribution in [0.5, 0.6) is 0 Å². The molecule has 2 aromatic heterocycles. The van der Waals surface area contributed by atoms with E-state index in [0.29, 0.717) is 24.0 Å². The molecule has 8 atom stereocenters. The average molecular weight is 1140 g/mol. The van der Waals surface area contributed by atoms with E-state index in [4.69, 9.17) is 18.9 Å².